The second kappa shape index (κ2) is 2.79. The number of carbonyl (C=O) groups is 1. The van der Waals surface area contributed by atoms with Gasteiger partial charge in [0.05, 0.1) is 11.3 Å². The van der Waals surface area contributed by atoms with Gasteiger partial charge in [-0.2, -0.15) is 0 Å². The third-order valence-electron chi connectivity index (χ3n) is 1.67. The van der Waals surface area contributed by atoms with Gasteiger partial charge in [0.1, 0.15) is 0 Å². The number of esters is 1. The molecule has 0 bridgehead atoms. The molecule has 0 unspecified atom stereocenters. The van der Waals surface area contributed by atoms with E-state index in [1.54, 1.807) is 6.07 Å². The van der Waals surface area contributed by atoms with E-state index in [9.17, 15) is 4.79 Å². The van der Waals surface area contributed by atoms with Crippen LogP contribution < -0.4 is 5.32 Å². The Morgan fingerprint density at radius 1 is 1.50 bits per heavy atom. The molecule has 1 heterocycles. The normalized spacial score (nSPS) is 14.6. The number of halogens is 1. The van der Waals surface area contributed by atoms with Crippen molar-refractivity contribution in [3.63, 3.8) is 0 Å². The van der Waals surface area contributed by atoms with Crippen LogP contribution >= 0.6 is 15.9 Å². The van der Waals surface area contributed by atoms with Crippen LogP contribution in [0.1, 0.15) is 10.4 Å². The lowest BCUT2D eigenvalue weighted by Gasteiger charge is -2.17. The van der Waals surface area contributed by atoms with Crippen molar-refractivity contribution >= 4 is 27.6 Å². The van der Waals surface area contributed by atoms with Gasteiger partial charge in [-0.3, -0.25) is 0 Å². The van der Waals surface area contributed by atoms with Crippen LogP contribution in [0.2, 0.25) is 0 Å². The molecular weight excluding hydrogens is 222 g/mol. The lowest BCUT2D eigenvalue weighted by molar-refractivity contribution is 0.0518. The fraction of sp³-hybridized carbons (Fsp3) is 0.125. The van der Waals surface area contributed by atoms with Crippen molar-refractivity contribution in [2.45, 2.75) is 0 Å². The van der Waals surface area contributed by atoms with Gasteiger partial charge in [0.2, 0.25) is 0 Å². The van der Waals surface area contributed by atoms with Gasteiger partial charge in [0.15, 0.2) is 6.73 Å². The van der Waals surface area contributed by atoms with Gasteiger partial charge < -0.3 is 10.1 Å². The number of benzene rings is 1. The molecule has 0 spiro atoms. The maximum Gasteiger partial charge on any atom is 0.341 e. The van der Waals surface area contributed by atoms with Gasteiger partial charge in [-0.05, 0) is 18.2 Å². The first-order valence-electron chi connectivity index (χ1n) is 3.48. The second-order valence-electron chi connectivity index (χ2n) is 2.44. The molecule has 0 saturated carbocycles. The van der Waals surface area contributed by atoms with Crippen molar-refractivity contribution in [3.8, 4) is 0 Å². The van der Waals surface area contributed by atoms with Gasteiger partial charge in [-0.25, -0.2) is 4.79 Å². The smallest absolute Gasteiger partial charge is 0.341 e. The minimum absolute atomic E-state index is 0.252. The first kappa shape index (κ1) is 7.61. The molecule has 1 aromatic rings. The van der Waals surface area contributed by atoms with E-state index in [2.05, 4.69) is 21.2 Å². The quantitative estimate of drug-likeness (QED) is 0.690. The molecule has 1 aliphatic rings. The standard InChI is InChI=1S/C8H6BrNO2/c9-5-1-2-6-7(3-5)10-4-12-8(6)11/h1-3,10H,4H2. The highest BCUT2D eigenvalue weighted by molar-refractivity contribution is 9.10. The number of carbonyl (C=O) groups excluding carboxylic acids is 1. The summed E-state index contributed by atoms with van der Waals surface area (Å²) >= 11 is 3.32. The molecule has 0 aliphatic carbocycles. The third-order valence-corrected chi connectivity index (χ3v) is 2.16. The first-order chi connectivity index (χ1) is 5.77. The minimum Gasteiger partial charge on any atom is -0.441 e. The molecule has 4 heteroatoms. The molecule has 0 saturated heterocycles. The van der Waals surface area contributed by atoms with Gasteiger partial charge in [-0.15, -0.1) is 0 Å². The molecule has 0 atom stereocenters. The summed E-state index contributed by atoms with van der Waals surface area (Å²) in [4.78, 5) is 11.1. The summed E-state index contributed by atoms with van der Waals surface area (Å²) in [5.74, 6) is -0.267. The SMILES string of the molecule is O=C1OCNc2cc(Br)ccc21. The number of hydrogen-bond donors (Lipinski definition) is 1. The van der Waals surface area contributed by atoms with Crippen LogP contribution in [-0.4, -0.2) is 12.7 Å². The van der Waals surface area contributed by atoms with Gasteiger partial charge >= 0.3 is 5.97 Å². The van der Waals surface area contributed by atoms with E-state index in [1.807, 2.05) is 12.1 Å². The summed E-state index contributed by atoms with van der Waals surface area (Å²) in [5, 5.41) is 2.96. The van der Waals surface area contributed by atoms with Crippen molar-refractivity contribution in [2.75, 3.05) is 12.0 Å². The number of rotatable bonds is 0. The predicted octanol–water partition coefficient (Wildman–Crippen LogP) is 1.99. The molecule has 3 nitrogen and oxygen atoms in total. The molecule has 0 aromatic heterocycles. The molecule has 1 N–H and O–H groups in total. The van der Waals surface area contributed by atoms with Crippen LogP contribution in [0.5, 0.6) is 0 Å². The fourth-order valence-corrected chi connectivity index (χ4v) is 1.46. The molecule has 1 aliphatic heterocycles. The van der Waals surface area contributed by atoms with Crippen LogP contribution in [0.3, 0.4) is 0 Å². The first-order valence-corrected chi connectivity index (χ1v) is 4.27. The molecule has 1 aromatic carbocycles. The van der Waals surface area contributed by atoms with Gasteiger partial charge in [0.25, 0.3) is 0 Å². The third kappa shape index (κ3) is 1.18. The molecule has 2 rings (SSSR count). The highest BCUT2D eigenvalue weighted by atomic mass is 79.9. The van der Waals surface area contributed by atoms with Crippen LogP contribution in [0.4, 0.5) is 5.69 Å². The number of ether oxygens (including phenoxy) is 1. The van der Waals surface area contributed by atoms with E-state index in [4.69, 9.17) is 4.74 Å². The summed E-state index contributed by atoms with van der Waals surface area (Å²) < 4.78 is 5.73. The largest absolute Gasteiger partial charge is 0.441 e. The molecule has 12 heavy (non-hydrogen) atoms. The molecule has 0 amide bonds. The minimum atomic E-state index is -0.267. The number of fused-ring (bicyclic) bond motifs is 1. The van der Waals surface area contributed by atoms with Crippen molar-refractivity contribution in [1.82, 2.24) is 0 Å². The summed E-state index contributed by atoms with van der Waals surface area (Å²) in [6.07, 6.45) is 0. The Hall–Kier alpha value is -1.03. The Labute approximate surface area is 77.8 Å². The Balaban J connectivity index is 2.53. The average molecular weight is 228 g/mol. The highest BCUT2D eigenvalue weighted by Gasteiger charge is 2.17. The van der Waals surface area contributed by atoms with Gasteiger partial charge in [0, 0.05) is 4.47 Å². The van der Waals surface area contributed by atoms with E-state index in [1.165, 1.54) is 0 Å². The zero-order chi connectivity index (χ0) is 8.55. The molecule has 62 valence electrons. The van der Waals surface area contributed by atoms with E-state index >= 15 is 0 Å². The van der Waals surface area contributed by atoms with Crippen molar-refractivity contribution < 1.29 is 9.53 Å². The summed E-state index contributed by atoms with van der Waals surface area (Å²) in [6.45, 7) is 0.252. The van der Waals surface area contributed by atoms with E-state index in [0.29, 0.717) is 5.56 Å². The van der Waals surface area contributed by atoms with E-state index in [0.717, 1.165) is 10.2 Å². The van der Waals surface area contributed by atoms with Crippen molar-refractivity contribution in [2.24, 2.45) is 0 Å². The average Bonchev–Trinajstić information content (AvgIpc) is 2.04. The van der Waals surface area contributed by atoms with Crippen LogP contribution in [0.25, 0.3) is 0 Å². The Morgan fingerprint density at radius 2 is 2.33 bits per heavy atom. The van der Waals surface area contributed by atoms with E-state index in [-0.39, 0.29) is 12.7 Å². The number of nitrogens with one attached hydrogen (secondary N) is 1. The van der Waals surface area contributed by atoms with Gasteiger partial charge in [-0.1, -0.05) is 15.9 Å². The van der Waals surface area contributed by atoms with Crippen molar-refractivity contribution in [1.29, 1.82) is 0 Å². The number of cyclic esters (lactones) is 1. The molecule has 0 radical (unpaired) electrons. The summed E-state index contributed by atoms with van der Waals surface area (Å²) in [7, 11) is 0. The number of anilines is 1. The highest BCUT2D eigenvalue weighted by Crippen LogP contribution is 2.24. The lowest BCUT2D eigenvalue weighted by atomic mass is 10.1. The number of hydrogen-bond acceptors (Lipinski definition) is 3. The second-order valence-corrected chi connectivity index (χ2v) is 3.36. The Bertz CT molecular complexity index is 338. The predicted molar refractivity (Wildman–Crippen MR) is 48.0 cm³/mol. The summed E-state index contributed by atoms with van der Waals surface area (Å²) in [5.41, 5.74) is 1.41. The Morgan fingerprint density at radius 3 is 3.17 bits per heavy atom. The van der Waals surface area contributed by atoms with Crippen molar-refractivity contribution in [3.05, 3.63) is 28.2 Å². The monoisotopic (exact) mass is 227 g/mol. The fourth-order valence-electron chi connectivity index (χ4n) is 1.10. The molecule has 0 fully saturated rings. The molecular formula is C8H6BrNO2. The zero-order valence-electron chi connectivity index (χ0n) is 6.13. The maximum absolute atomic E-state index is 11.1. The van der Waals surface area contributed by atoms with Crippen LogP contribution in [-0.2, 0) is 4.74 Å². The van der Waals surface area contributed by atoms with E-state index < -0.39 is 0 Å². The zero-order valence-corrected chi connectivity index (χ0v) is 7.72. The van der Waals surface area contributed by atoms with Crippen LogP contribution in [0, 0.1) is 0 Å². The van der Waals surface area contributed by atoms with Crippen LogP contribution in [0.15, 0.2) is 22.7 Å². The lowest BCUT2D eigenvalue weighted by Crippen LogP contribution is -2.20. The maximum atomic E-state index is 11.1. The summed E-state index contributed by atoms with van der Waals surface area (Å²) in [6, 6.07) is 5.40. The topological polar surface area (TPSA) is 38.3 Å². The Kier molecular flexibility index (Phi) is 1.77.